The Balaban J connectivity index is 1.34. The van der Waals surface area contributed by atoms with Gasteiger partial charge < -0.3 is 19.8 Å². The first-order valence-electron chi connectivity index (χ1n) is 12.7. The lowest BCUT2D eigenvalue weighted by molar-refractivity contribution is -0.0254. The van der Waals surface area contributed by atoms with Gasteiger partial charge in [0.2, 0.25) is 0 Å². The van der Waals surface area contributed by atoms with Crippen molar-refractivity contribution in [1.82, 2.24) is 9.88 Å². The third-order valence-corrected chi connectivity index (χ3v) is 8.19. The molecule has 194 valence electrons. The Morgan fingerprint density at radius 1 is 1.05 bits per heavy atom. The van der Waals surface area contributed by atoms with Gasteiger partial charge in [-0.05, 0) is 80.1 Å². The Bertz CT molecular complexity index is 1320. The number of aromatic nitrogens is 1. The highest BCUT2D eigenvalue weighted by Gasteiger charge is 2.34. The summed E-state index contributed by atoms with van der Waals surface area (Å²) < 4.78 is 6.11. The van der Waals surface area contributed by atoms with Crippen molar-refractivity contribution in [2.24, 2.45) is 0 Å². The second-order valence-corrected chi connectivity index (χ2v) is 11.3. The fourth-order valence-electron chi connectivity index (χ4n) is 5.17. The maximum atomic E-state index is 11.3. The van der Waals surface area contributed by atoms with Crippen LogP contribution in [0.3, 0.4) is 0 Å². The molecular formula is C30H32Cl2N2O3. The van der Waals surface area contributed by atoms with Crippen molar-refractivity contribution in [1.29, 1.82) is 0 Å². The standard InChI is InChI=1S/C30H32Cl2N2O3/c1-29(2,35)20-8-10-28-24(17-20)22(23-5-3-13-33-27(23)19-37-28)6-4-14-34-15-11-30(36,12-16-34)21-7-9-25(31)26(32)18-21/h3,5-10,13,17-18,35-36H,4,11-12,14-16,19H2,1-2H3. The van der Waals surface area contributed by atoms with Crippen molar-refractivity contribution in [3.63, 3.8) is 0 Å². The summed E-state index contributed by atoms with van der Waals surface area (Å²) in [5, 5.41) is 22.9. The number of halogens is 2. The molecule has 2 aliphatic rings. The van der Waals surface area contributed by atoms with Crippen LogP contribution >= 0.6 is 23.2 Å². The fraction of sp³-hybridized carbons (Fsp3) is 0.367. The van der Waals surface area contributed by atoms with E-state index in [2.05, 4.69) is 22.0 Å². The van der Waals surface area contributed by atoms with Crippen LogP contribution in [0.25, 0.3) is 5.57 Å². The molecule has 0 bridgehead atoms. The van der Waals surface area contributed by atoms with Crippen LogP contribution in [-0.4, -0.2) is 39.7 Å². The molecule has 1 fully saturated rings. The molecule has 0 unspecified atom stereocenters. The van der Waals surface area contributed by atoms with Crippen molar-refractivity contribution in [2.45, 2.75) is 50.9 Å². The number of pyridine rings is 1. The number of nitrogens with zero attached hydrogens (tertiary/aromatic N) is 2. The van der Waals surface area contributed by atoms with E-state index in [1.165, 1.54) is 0 Å². The molecule has 7 heteroatoms. The van der Waals surface area contributed by atoms with Crippen molar-refractivity contribution in [2.75, 3.05) is 19.6 Å². The maximum absolute atomic E-state index is 11.3. The van der Waals surface area contributed by atoms with E-state index in [9.17, 15) is 10.2 Å². The highest BCUT2D eigenvalue weighted by atomic mass is 35.5. The van der Waals surface area contributed by atoms with Crippen LogP contribution in [-0.2, 0) is 17.8 Å². The largest absolute Gasteiger partial charge is 0.487 e. The molecule has 0 aliphatic carbocycles. The van der Waals surface area contributed by atoms with Gasteiger partial charge in [-0.2, -0.15) is 0 Å². The number of likely N-dealkylation sites (tertiary alicyclic amines) is 1. The van der Waals surface area contributed by atoms with Gasteiger partial charge in [-0.3, -0.25) is 4.98 Å². The van der Waals surface area contributed by atoms with Crippen LogP contribution in [0.1, 0.15) is 61.1 Å². The summed E-state index contributed by atoms with van der Waals surface area (Å²) in [5.74, 6) is 0.793. The predicted molar refractivity (Wildman–Crippen MR) is 148 cm³/mol. The molecule has 2 aliphatic heterocycles. The Labute approximate surface area is 228 Å². The van der Waals surface area contributed by atoms with Crippen LogP contribution in [0.15, 0.2) is 60.8 Å². The van der Waals surface area contributed by atoms with Gasteiger partial charge in [-0.15, -0.1) is 0 Å². The fourth-order valence-corrected chi connectivity index (χ4v) is 5.47. The molecule has 1 aromatic heterocycles. The SMILES string of the molecule is CC(C)(O)c1ccc2c(c1)C(=CCCN1CCC(O)(c3ccc(Cl)c(Cl)c3)CC1)c1cccnc1CO2. The lowest BCUT2D eigenvalue weighted by Crippen LogP contribution is -2.42. The monoisotopic (exact) mass is 538 g/mol. The molecule has 0 amide bonds. The molecule has 1 saturated heterocycles. The molecular weight excluding hydrogens is 507 g/mol. The summed E-state index contributed by atoms with van der Waals surface area (Å²) in [6, 6.07) is 15.3. The highest BCUT2D eigenvalue weighted by molar-refractivity contribution is 6.42. The molecule has 5 rings (SSSR count). The number of hydrogen-bond acceptors (Lipinski definition) is 5. The van der Waals surface area contributed by atoms with Crippen LogP contribution in [0.2, 0.25) is 10.0 Å². The van der Waals surface area contributed by atoms with Gasteiger partial charge in [0.1, 0.15) is 12.4 Å². The Hall–Kier alpha value is -2.41. The quantitative estimate of drug-likeness (QED) is 0.398. The minimum atomic E-state index is -0.955. The van der Waals surface area contributed by atoms with Crippen LogP contribution in [0.5, 0.6) is 5.75 Å². The van der Waals surface area contributed by atoms with Gasteiger partial charge in [0.15, 0.2) is 0 Å². The van der Waals surface area contributed by atoms with Crippen molar-refractivity contribution >= 4 is 28.8 Å². The van der Waals surface area contributed by atoms with Gasteiger partial charge >= 0.3 is 0 Å². The number of ether oxygens (including phenoxy) is 1. The molecule has 2 N–H and O–H groups in total. The molecule has 0 radical (unpaired) electrons. The van der Waals surface area contributed by atoms with E-state index in [-0.39, 0.29) is 0 Å². The predicted octanol–water partition coefficient (Wildman–Crippen LogP) is 6.31. The Morgan fingerprint density at radius 2 is 1.84 bits per heavy atom. The van der Waals surface area contributed by atoms with Gasteiger partial charge in [0, 0.05) is 37.0 Å². The minimum Gasteiger partial charge on any atom is -0.487 e. The molecule has 5 nitrogen and oxygen atoms in total. The molecule has 37 heavy (non-hydrogen) atoms. The summed E-state index contributed by atoms with van der Waals surface area (Å²) in [6.45, 7) is 6.45. The number of rotatable bonds is 5. The zero-order valence-corrected chi connectivity index (χ0v) is 22.7. The van der Waals surface area contributed by atoms with Gasteiger partial charge in [-0.25, -0.2) is 0 Å². The second kappa shape index (κ2) is 10.4. The lowest BCUT2D eigenvalue weighted by atomic mass is 9.84. The summed E-state index contributed by atoms with van der Waals surface area (Å²) in [5.41, 5.74) is 3.82. The average molecular weight is 540 g/mol. The second-order valence-electron chi connectivity index (χ2n) is 10.5. The first-order valence-corrected chi connectivity index (χ1v) is 13.4. The number of piperidine rings is 1. The average Bonchev–Trinajstić information content (AvgIpc) is 3.03. The topological polar surface area (TPSA) is 65.8 Å². The smallest absolute Gasteiger partial charge is 0.131 e. The van der Waals surface area contributed by atoms with E-state index in [0.29, 0.717) is 29.5 Å². The lowest BCUT2D eigenvalue weighted by Gasteiger charge is -2.38. The van der Waals surface area contributed by atoms with E-state index in [0.717, 1.165) is 65.3 Å². The van der Waals surface area contributed by atoms with Crippen LogP contribution in [0, 0.1) is 0 Å². The Morgan fingerprint density at radius 3 is 2.57 bits per heavy atom. The van der Waals surface area contributed by atoms with Crippen molar-refractivity contribution in [3.8, 4) is 5.75 Å². The summed E-state index contributed by atoms with van der Waals surface area (Å²) >= 11 is 12.3. The molecule has 0 atom stereocenters. The molecule has 2 aromatic carbocycles. The first kappa shape index (κ1) is 26.2. The van der Waals surface area contributed by atoms with Crippen LogP contribution < -0.4 is 4.74 Å². The molecule has 0 saturated carbocycles. The van der Waals surface area contributed by atoms with E-state index in [1.807, 2.05) is 30.3 Å². The number of fused-ring (bicyclic) bond motifs is 2. The minimum absolute atomic E-state index is 0.405. The number of benzene rings is 2. The third-order valence-electron chi connectivity index (χ3n) is 7.45. The highest BCUT2D eigenvalue weighted by Crippen LogP contribution is 2.39. The van der Waals surface area contributed by atoms with E-state index in [1.54, 1.807) is 32.2 Å². The third kappa shape index (κ3) is 5.57. The zero-order valence-electron chi connectivity index (χ0n) is 21.2. The summed E-state index contributed by atoms with van der Waals surface area (Å²) in [7, 11) is 0. The number of hydrogen-bond donors (Lipinski definition) is 2. The van der Waals surface area contributed by atoms with E-state index in [4.69, 9.17) is 27.9 Å². The maximum Gasteiger partial charge on any atom is 0.131 e. The van der Waals surface area contributed by atoms with E-state index >= 15 is 0 Å². The van der Waals surface area contributed by atoms with Crippen molar-refractivity contribution in [3.05, 3.63) is 98.8 Å². The molecule has 0 spiro atoms. The van der Waals surface area contributed by atoms with Gasteiger partial charge in [0.05, 0.1) is 26.9 Å². The first-order chi connectivity index (χ1) is 17.6. The molecule has 3 heterocycles. The van der Waals surface area contributed by atoms with Gasteiger partial charge in [-0.1, -0.05) is 47.5 Å². The Kier molecular flexibility index (Phi) is 7.36. The zero-order chi connectivity index (χ0) is 26.2. The normalized spacial score (nSPS) is 18.6. The van der Waals surface area contributed by atoms with Crippen LogP contribution in [0.4, 0.5) is 0 Å². The van der Waals surface area contributed by atoms with Crippen molar-refractivity contribution < 1.29 is 14.9 Å². The van der Waals surface area contributed by atoms with E-state index < -0.39 is 11.2 Å². The van der Waals surface area contributed by atoms with Gasteiger partial charge in [0.25, 0.3) is 0 Å². The summed E-state index contributed by atoms with van der Waals surface area (Å²) in [6.07, 6.45) is 6.16. The number of aliphatic hydroxyl groups is 2. The summed E-state index contributed by atoms with van der Waals surface area (Å²) in [4.78, 5) is 6.95. The molecule has 3 aromatic rings.